The van der Waals surface area contributed by atoms with Crippen LogP contribution in [0.2, 0.25) is 0 Å². The van der Waals surface area contributed by atoms with Crippen molar-refractivity contribution in [3.05, 3.63) is 36.2 Å². The number of hydrogen-bond donors (Lipinski definition) is 2. The molecule has 2 heterocycles. The molecule has 5 nitrogen and oxygen atoms in total. The first-order chi connectivity index (χ1) is 9.78. The van der Waals surface area contributed by atoms with Gasteiger partial charge in [0.15, 0.2) is 0 Å². The second kappa shape index (κ2) is 5.36. The van der Waals surface area contributed by atoms with Gasteiger partial charge in [-0.3, -0.25) is 4.98 Å². The predicted molar refractivity (Wildman–Crippen MR) is 77.3 cm³/mol. The third-order valence-corrected chi connectivity index (χ3v) is 3.70. The van der Waals surface area contributed by atoms with Gasteiger partial charge in [-0.1, -0.05) is 6.08 Å². The van der Waals surface area contributed by atoms with Crippen LogP contribution in [0.15, 0.2) is 30.6 Å². The Morgan fingerprint density at radius 3 is 3.20 bits per heavy atom. The number of H-pyrrole nitrogens is 1. The average molecular weight is 271 g/mol. The molecular formula is C15H17N3O2. The van der Waals surface area contributed by atoms with E-state index in [1.807, 2.05) is 24.5 Å². The average Bonchev–Trinajstić information content (AvgIpc) is 2.92. The molecule has 2 N–H and O–H groups in total. The van der Waals surface area contributed by atoms with Gasteiger partial charge in [-0.15, -0.1) is 0 Å². The summed E-state index contributed by atoms with van der Waals surface area (Å²) in [5.41, 5.74) is 4.52. The van der Waals surface area contributed by atoms with Crippen molar-refractivity contribution >= 4 is 22.7 Å². The summed E-state index contributed by atoms with van der Waals surface area (Å²) in [6.45, 7) is 0. The molecule has 1 amide bonds. The summed E-state index contributed by atoms with van der Waals surface area (Å²) in [6, 6.07) is 4.11. The number of hydrogen-bond acceptors (Lipinski definition) is 3. The minimum absolute atomic E-state index is 0.157. The van der Waals surface area contributed by atoms with Crippen molar-refractivity contribution < 1.29 is 9.53 Å². The molecule has 1 atom stereocenters. The highest BCUT2D eigenvalue weighted by molar-refractivity contribution is 5.89. The van der Waals surface area contributed by atoms with Crippen molar-refractivity contribution in [1.29, 1.82) is 0 Å². The van der Waals surface area contributed by atoms with Crippen LogP contribution in [0, 0.1) is 0 Å². The second-order valence-corrected chi connectivity index (χ2v) is 4.94. The van der Waals surface area contributed by atoms with E-state index in [1.165, 1.54) is 12.7 Å². The Hall–Kier alpha value is -2.30. The zero-order valence-electron chi connectivity index (χ0n) is 11.3. The first kappa shape index (κ1) is 12.7. The summed E-state index contributed by atoms with van der Waals surface area (Å²) >= 11 is 0. The number of methoxy groups -OCH3 is 1. The number of ether oxygens (including phenoxy) is 1. The maximum atomic E-state index is 11.2. The van der Waals surface area contributed by atoms with Crippen LogP contribution in [0.4, 0.5) is 4.79 Å². The molecule has 104 valence electrons. The van der Waals surface area contributed by atoms with Crippen molar-refractivity contribution in [2.24, 2.45) is 0 Å². The Morgan fingerprint density at radius 1 is 1.55 bits per heavy atom. The van der Waals surface area contributed by atoms with Gasteiger partial charge < -0.3 is 15.0 Å². The number of nitrogens with one attached hydrogen (secondary N) is 2. The van der Waals surface area contributed by atoms with E-state index in [0.717, 1.165) is 35.9 Å². The number of aromatic nitrogens is 2. The maximum absolute atomic E-state index is 11.2. The molecule has 2 aromatic rings. The van der Waals surface area contributed by atoms with Crippen LogP contribution in [0.3, 0.4) is 0 Å². The minimum atomic E-state index is -0.361. The Morgan fingerprint density at radius 2 is 2.45 bits per heavy atom. The predicted octanol–water partition coefficient (Wildman–Crippen LogP) is 2.85. The largest absolute Gasteiger partial charge is 0.453 e. The van der Waals surface area contributed by atoms with Gasteiger partial charge in [0.25, 0.3) is 0 Å². The molecule has 20 heavy (non-hydrogen) atoms. The molecule has 0 saturated carbocycles. The lowest BCUT2D eigenvalue weighted by Crippen LogP contribution is -2.35. The number of carbonyl (C=O) groups is 1. The summed E-state index contributed by atoms with van der Waals surface area (Å²) in [6.07, 6.45) is 8.31. The van der Waals surface area contributed by atoms with Crippen LogP contribution in [-0.2, 0) is 4.74 Å². The Balaban J connectivity index is 1.78. The lowest BCUT2D eigenvalue weighted by Gasteiger charge is -2.22. The second-order valence-electron chi connectivity index (χ2n) is 4.94. The van der Waals surface area contributed by atoms with E-state index >= 15 is 0 Å². The molecule has 1 aliphatic rings. The fourth-order valence-corrected chi connectivity index (χ4v) is 2.63. The number of aromatic amines is 1. The molecule has 0 fully saturated rings. The third kappa shape index (κ3) is 2.39. The monoisotopic (exact) mass is 271 g/mol. The lowest BCUT2D eigenvalue weighted by molar-refractivity contribution is 0.166. The van der Waals surface area contributed by atoms with Crippen LogP contribution in [0.25, 0.3) is 16.6 Å². The van der Waals surface area contributed by atoms with E-state index in [9.17, 15) is 4.79 Å². The van der Waals surface area contributed by atoms with Gasteiger partial charge >= 0.3 is 6.09 Å². The Kier molecular flexibility index (Phi) is 3.41. The zero-order chi connectivity index (χ0) is 13.9. The van der Waals surface area contributed by atoms with E-state index in [-0.39, 0.29) is 12.1 Å². The summed E-state index contributed by atoms with van der Waals surface area (Å²) in [5.74, 6) is 0. The Labute approximate surface area is 117 Å². The SMILES string of the molecule is COC(=O)NC1CC=C(c2c[nH]c3cccnc23)CC1. The van der Waals surface area contributed by atoms with E-state index < -0.39 is 0 Å². The topological polar surface area (TPSA) is 67.0 Å². The van der Waals surface area contributed by atoms with E-state index in [0.29, 0.717) is 0 Å². The molecule has 0 aliphatic heterocycles. The summed E-state index contributed by atoms with van der Waals surface area (Å²) in [5, 5.41) is 2.84. The van der Waals surface area contributed by atoms with Gasteiger partial charge in [0, 0.05) is 24.0 Å². The molecule has 0 aromatic carbocycles. The summed E-state index contributed by atoms with van der Waals surface area (Å²) in [7, 11) is 1.39. The molecule has 2 aromatic heterocycles. The van der Waals surface area contributed by atoms with Crippen molar-refractivity contribution in [2.75, 3.05) is 7.11 Å². The number of nitrogens with zero attached hydrogens (tertiary/aromatic N) is 1. The molecule has 1 unspecified atom stereocenters. The fourth-order valence-electron chi connectivity index (χ4n) is 2.63. The lowest BCUT2D eigenvalue weighted by atomic mass is 9.91. The molecule has 0 spiro atoms. The number of fused-ring (bicyclic) bond motifs is 1. The Bertz CT molecular complexity index is 660. The number of alkyl carbamates (subject to hydrolysis) is 1. The van der Waals surface area contributed by atoms with Crippen molar-refractivity contribution in [1.82, 2.24) is 15.3 Å². The highest BCUT2D eigenvalue weighted by Gasteiger charge is 2.19. The normalized spacial score (nSPS) is 18.6. The van der Waals surface area contributed by atoms with Crippen LogP contribution in [-0.4, -0.2) is 29.2 Å². The zero-order valence-corrected chi connectivity index (χ0v) is 11.3. The quantitative estimate of drug-likeness (QED) is 0.882. The highest BCUT2D eigenvalue weighted by Crippen LogP contribution is 2.30. The van der Waals surface area contributed by atoms with E-state index in [4.69, 9.17) is 0 Å². The molecular weight excluding hydrogens is 254 g/mol. The van der Waals surface area contributed by atoms with E-state index in [2.05, 4.69) is 26.1 Å². The highest BCUT2D eigenvalue weighted by atomic mass is 16.5. The van der Waals surface area contributed by atoms with Gasteiger partial charge in [0.05, 0.1) is 18.1 Å². The van der Waals surface area contributed by atoms with Gasteiger partial charge in [-0.05, 0) is 37.0 Å². The van der Waals surface area contributed by atoms with Gasteiger partial charge in [-0.25, -0.2) is 4.79 Å². The maximum Gasteiger partial charge on any atom is 0.407 e. The van der Waals surface area contributed by atoms with Crippen LogP contribution in [0.5, 0.6) is 0 Å². The smallest absolute Gasteiger partial charge is 0.407 e. The van der Waals surface area contributed by atoms with Crippen molar-refractivity contribution in [3.8, 4) is 0 Å². The van der Waals surface area contributed by atoms with Crippen molar-refractivity contribution in [3.63, 3.8) is 0 Å². The molecule has 0 radical (unpaired) electrons. The number of carbonyl (C=O) groups excluding carboxylic acids is 1. The summed E-state index contributed by atoms with van der Waals surface area (Å²) < 4.78 is 4.62. The number of amides is 1. The van der Waals surface area contributed by atoms with Crippen LogP contribution >= 0.6 is 0 Å². The molecule has 5 heteroatoms. The van der Waals surface area contributed by atoms with Gasteiger partial charge in [0.2, 0.25) is 0 Å². The van der Waals surface area contributed by atoms with Crippen LogP contribution < -0.4 is 5.32 Å². The first-order valence-electron chi connectivity index (χ1n) is 6.74. The number of pyridine rings is 1. The first-order valence-corrected chi connectivity index (χ1v) is 6.74. The fraction of sp³-hybridized carbons (Fsp3) is 0.333. The van der Waals surface area contributed by atoms with E-state index in [1.54, 1.807) is 0 Å². The molecule has 0 bridgehead atoms. The van der Waals surface area contributed by atoms with Crippen LogP contribution in [0.1, 0.15) is 24.8 Å². The summed E-state index contributed by atoms with van der Waals surface area (Å²) in [4.78, 5) is 18.9. The molecule has 0 saturated heterocycles. The number of rotatable bonds is 2. The molecule has 3 rings (SSSR count). The molecule has 1 aliphatic carbocycles. The van der Waals surface area contributed by atoms with Gasteiger partial charge in [-0.2, -0.15) is 0 Å². The van der Waals surface area contributed by atoms with Gasteiger partial charge in [0.1, 0.15) is 0 Å². The standard InChI is InChI=1S/C15H17N3O2/c1-20-15(19)18-11-6-4-10(5-7-11)12-9-17-13-3-2-8-16-14(12)13/h2-4,8-9,11,17H,5-7H2,1H3,(H,18,19). The van der Waals surface area contributed by atoms with Crippen molar-refractivity contribution in [2.45, 2.75) is 25.3 Å². The number of allylic oxidation sites excluding steroid dienone is 1. The minimum Gasteiger partial charge on any atom is -0.453 e. The third-order valence-electron chi connectivity index (χ3n) is 3.70.